The van der Waals surface area contributed by atoms with Gasteiger partial charge in [0.05, 0.1) is 10.6 Å². The molecule has 0 atom stereocenters. The Balaban J connectivity index is 2.24. The van der Waals surface area contributed by atoms with Crippen LogP contribution in [-0.2, 0) is 6.54 Å². The van der Waals surface area contributed by atoms with Crippen LogP contribution in [0.2, 0.25) is 5.15 Å². The fraction of sp³-hybridized carbons (Fsp3) is 0.300. The Morgan fingerprint density at radius 1 is 1.50 bits per heavy atom. The zero-order chi connectivity index (χ0) is 14.7. The van der Waals surface area contributed by atoms with Gasteiger partial charge in [-0.25, -0.2) is 15.0 Å². The Morgan fingerprint density at radius 3 is 2.90 bits per heavy atom. The molecule has 106 valence electrons. The number of halogens is 1. The minimum Gasteiger partial charge on any atom is -0.310 e. The lowest BCUT2D eigenvalue weighted by molar-refractivity contribution is -0.384. The molecule has 2 heterocycles. The predicted octanol–water partition coefficient (Wildman–Crippen LogP) is 2.30. The van der Waals surface area contributed by atoms with Gasteiger partial charge in [0.1, 0.15) is 6.33 Å². The van der Waals surface area contributed by atoms with E-state index in [9.17, 15) is 10.1 Å². The Morgan fingerprint density at radius 2 is 2.25 bits per heavy atom. The fourth-order valence-corrected chi connectivity index (χ4v) is 2.38. The third kappa shape index (κ3) is 3.38. The molecular formula is C10H11ClN6O2S. The number of hydrogen-bond acceptors (Lipinski definition) is 8. The molecule has 0 aliphatic carbocycles. The smallest absolute Gasteiger partial charge is 0.310 e. The monoisotopic (exact) mass is 314 g/mol. The minimum atomic E-state index is -0.626. The van der Waals surface area contributed by atoms with E-state index in [2.05, 4.69) is 20.3 Å². The van der Waals surface area contributed by atoms with Crippen molar-refractivity contribution in [3.63, 3.8) is 0 Å². The van der Waals surface area contributed by atoms with Gasteiger partial charge in [-0.2, -0.15) is 0 Å². The van der Waals surface area contributed by atoms with Crippen LogP contribution < -0.4 is 5.32 Å². The molecule has 0 aliphatic heterocycles. The van der Waals surface area contributed by atoms with Gasteiger partial charge in [-0.05, 0) is 14.1 Å². The minimum absolute atomic E-state index is 0.0285. The molecule has 0 bridgehead atoms. The van der Waals surface area contributed by atoms with E-state index in [0.717, 1.165) is 12.0 Å². The van der Waals surface area contributed by atoms with Gasteiger partial charge in [-0.15, -0.1) is 11.3 Å². The predicted molar refractivity (Wildman–Crippen MR) is 76.5 cm³/mol. The number of nitro groups is 1. The molecule has 0 radical (unpaired) electrons. The van der Waals surface area contributed by atoms with Crippen LogP contribution in [-0.4, -0.2) is 38.9 Å². The lowest BCUT2D eigenvalue weighted by atomic mass is 10.4. The van der Waals surface area contributed by atoms with Gasteiger partial charge in [-0.3, -0.25) is 10.1 Å². The summed E-state index contributed by atoms with van der Waals surface area (Å²) in [5, 5.41) is 15.9. The Hall–Kier alpha value is -1.84. The number of hydrogen-bond donors (Lipinski definition) is 1. The number of aromatic nitrogens is 3. The van der Waals surface area contributed by atoms with Crippen LogP contribution in [0, 0.1) is 10.1 Å². The molecule has 0 aliphatic rings. The summed E-state index contributed by atoms with van der Waals surface area (Å²) in [5.74, 6) is 0.0285. The summed E-state index contributed by atoms with van der Waals surface area (Å²) in [6, 6.07) is 0. The molecule has 0 saturated carbocycles. The van der Waals surface area contributed by atoms with Crippen LogP contribution in [0.5, 0.6) is 0 Å². The molecule has 8 nitrogen and oxygen atoms in total. The third-order valence-corrected chi connectivity index (χ3v) is 3.30. The molecule has 0 spiro atoms. The molecule has 0 saturated heterocycles. The van der Waals surface area contributed by atoms with Gasteiger partial charge in [0.15, 0.2) is 5.13 Å². The van der Waals surface area contributed by atoms with Crippen molar-refractivity contribution in [2.24, 2.45) is 0 Å². The largest absolute Gasteiger partial charge is 0.348 e. The Kier molecular flexibility index (Phi) is 4.42. The lowest BCUT2D eigenvalue weighted by Gasteiger charge is -2.05. The molecule has 20 heavy (non-hydrogen) atoms. The average molecular weight is 315 g/mol. The second-order valence-electron chi connectivity index (χ2n) is 4.13. The Bertz CT molecular complexity index is 632. The maximum atomic E-state index is 11.0. The zero-order valence-electron chi connectivity index (χ0n) is 10.7. The van der Waals surface area contributed by atoms with Crippen molar-refractivity contribution in [2.45, 2.75) is 6.54 Å². The quantitative estimate of drug-likeness (QED) is 0.513. The van der Waals surface area contributed by atoms with Crippen molar-refractivity contribution in [1.82, 2.24) is 19.9 Å². The molecular weight excluding hydrogens is 304 g/mol. The number of thiazole rings is 1. The molecule has 0 aromatic carbocycles. The highest BCUT2D eigenvalue weighted by Gasteiger charge is 2.22. The first-order valence-corrected chi connectivity index (χ1v) is 6.74. The summed E-state index contributed by atoms with van der Waals surface area (Å²) >= 11 is 7.05. The molecule has 2 aromatic rings. The van der Waals surface area contributed by atoms with E-state index in [1.165, 1.54) is 11.3 Å². The van der Waals surface area contributed by atoms with Gasteiger partial charge in [0.2, 0.25) is 11.0 Å². The van der Waals surface area contributed by atoms with Crippen molar-refractivity contribution >= 4 is 39.6 Å². The topological polar surface area (TPSA) is 97.1 Å². The second kappa shape index (κ2) is 6.07. The summed E-state index contributed by atoms with van der Waals surface area (Å²) in [6.45, 7) is 0.685. The summed E-state index contributed by atoms with van der Waals surface area (Å²) in [6.07, 6.45) is 1.16. The van der Waals surface area contributed by atoms with E-state index in [1.807, 2.05) is 24.4 Å². The van der Waals surface area contributed by atoms with Crippen molar-refractivity contribution in [2.75, 3.05) is 19.4 Å². The SMILES string of the molecule is CN(C)Cc1csc(Nc2ncnc(Cl)c2[N+](=O)[O-])n1. The number of anilines is 2. The van der Waals surface area contributed by atoms with E-state index in [4.69, 9.17) is 11.6 Å². The average Bonchev–Trinajstić information content (AvgIpc) is 2.75. The molecule has 2 rings (SSSR count). The van der Waals surface area contributed by atoms with Gasteiger partial charge in [0.25, 0.3) is 0 Å². The first-order valence-electron chi connectivity index (χ1n) is 5.48. The van der Waals surface area contributed by atoms with Crippen molar-refractivity contribution in [3.8, 4) is 0 Å². The zero-order valence-corrected chi connectivity index (χ0v) is 12.3. The summed E-state index contributed by atoms with van der Waals surface area (Å²) in [7, 11) is 3.86. The van der Waals surface area contributed by atoms with E-state index in [1.54, 1.807) is 0 Å². The van der Waals surface area contributed by atoms with Gasteiger partial charge in [-0.1, -0.05) is 11.6 Å². The maximum absolute atomic E-state index is 11.0. The van der Waals surface area contributed by atoms with Crippen molar-refractivity contribution in [3.05, 3.63) is 32.7 Å². The molecule has 0 amide bonds. The van der Waals surface area contributed by atoms with E-state index in [0.29, 0.717) is 11.7 Å². The van der Waals surface area contributed by atoms with Crippen LogP contribution in [0.3, 0.4) is 0 Å². The maximum Gasteiger partial charge on any atom is 0.348 e. The summed E-state index contributed by atoms with van der Waals surface area (Å²) in [4.78, 5) is 24.1. The van der Waals surface area contributed by atoms with Crippen molar-refractivity contribution < 1.29 is 4.92 Å². The number of rotatable bonds is 5. The van der Waals surface area contributed by atoms with E-state index < -0.39 is 4.92 Å². The highest BCUT2D eigenvalue weighted by molar-refractivity contribution is 7.13. The molecule has 2 aromatic heterocycles. The van der Waals surface area contributed by atoms with Crippen LogP contribution in [0.25, 0.3) is 0 Å². The van der Waals surface area contributed by atoms with Gasteiger partial charge < -0.3 is 10.2 Å². The Labute approximate surface area is 123 Å². The standard InChI is InChI=1S/C10H11ClN6O2S/c1-16(2)3-6-4-20-10(14-6)15-9-7(17(18)19)8(11)12-5-13-9/h4-5H,3H2,1-2H3,(H,12,13,14,15). The highest BCUT2D eigenvalue weighted by atomic mass is 35.5. The molecule has 0 unspecified atom stereocenters. The lowest BCUT2D eigenvalue weighted by Crippen LogP contribution is -2.10. The van der Waals surface area contributed by atoms with Gasteiger partial charge in [0, 0.05) is 11.9 Å². The first kappa shape index (κ1) is 14.6. The normalized spacial score (nSPS) is 10.8. The third-order valence-electron chi connectivity index (χ3n) is 2.22. The number of nitrogens with zero attached hydrogens (tertiary/aromatic N) is 5. The molecule has 1 N–H and O–H groups in total. The molecule has 0 fully saturated rings. The fourth-order valence-electron chi connectivity index (χ4n) is 1.47. The van der Waals surface area contributed by atoms with Crippen LogP contribution >= 0.6 is 22.9 Å². The number of nitrogens with one attached hydrogen (secondary N) is 1. The summed E-state index contributed by atoms with van der Waals surface area (Å²) < 4.78 is 0. The van der Waals surface area contributed by atoms with E-state index in [-0.39, 0.29) is 16.7 Å². The van der Waals surface area contributed by atoms with Crippen LogP contribution in [0.15, 0.2) is 11.7 Å². The highest BCUT2D eigenvalue weighted by Crippen LogP contribution is 2.31. The van der Waals surface area contributed by atoms with Gasteiger partial charge >= 0.3 is 5.69 Å². The van der Waals surface area contributed by atoms with Crippen LogP contribution in [0.4, 0.5) is 16.6 Å². The first-order chi connectivity index (χ1) is 9.47. The molecule has 10 heteroatoms. The second-order valence-corrected chi connectivity index (χ2v) is 5.34. The van der Waals surface area contributed by atoms with E-state index >= 15 is 0 Å². The van der Waals surface area contributed by atoms with Crippen LogP contribution in [0.1, 0.15) is 5.69 Å². The van der Waals surface area contributed by atoms with Crippen molar-refractivity contribution in [1.29, 1.82) is 0 Å². The summed E-state index contributed by atoms with van der Waals surface area (Å²) in [5.41, 5.74) is 0.504.